The van der Waals surface area contributed by atoms with Crippen LogP contribution in [0.15, 0.2) is 29.2 Å². The molecule has 1 N–H and O–H groups in total. The van der Waals surface area contributed by atoms with Gasteiger partial charge in [0.15, 0.2) is 0 Å². The lowest BCUT2D eigenvalue weighted by molar-refractivity contribution is -0.134. The number of nitrogens with zero attached hydrogens (tertiary/aromatic N) is 2. The second kappa shape index (κ2) is 6.71. The van der Waals surface area contributed by atoms with Crippen LogP contribution in [0.5, 0.6) is 0 Å². The highest BCUT2D eigenvalue weighted by Crippen LogP contribution is 2.37. The monoisotopic (exact) mass is 361 g/mol. The largest absolute Gasteiger partial charge is 0.325 e. The Balaban J connectivity index is 1.82. The number of rotatable bonds is 3. The number of hydrogen-bond acceptors (Lipinski definition) is 4. The second-order valence-corrected chi connectivity index (χ2v) is 8.22. The Bertz CT molecular complexity index is 723. The van der Waals surface area contributed by atoms with E-state index in [1.165, 1.54) is 0 Å². The van der Waals surface area contributed by atoms with E-state index in [1.807, 2.05) is 31.2 Å². The molecule has 0 aliphatic carbocycles. The van der Waals surface area contributed by atoms with E-state index in [1.54, 1.807) is 23.6 Å². The van der Waals surface area contributed by atoms with Crippen LogP contribution in [-0.2, 0) is 9.59 Å². The third kappa shape index (κ3) is 3.25. The molecular weight excluding hydrogens is 338 g/mol. The summed E-state index contributed by atoms with van der Waals surface area (Å²) in [4.78, 5) is 41.4. The lowest BCUT2D eigenvalue weighted by atomic mass is 9.99. The molecule has 4 amide bonds. The first-order valence-corrected chi connectivity index (χ1v) is 9.44. The normalized spacial score (nSPS) is 26.3. The second-order valence-electron chi connectivity index (χ2n) is 6.74. The summed E-state index contributed by atoms with van der Waals surface area (Å²) in [5.74, 6) is -0.565. The molecule has 1 fully saturated rings. The van der Waals surface area contributed by atoms with Crippen molar-refractivity contribution in [3.05, 3.63) is 24.3 Å². The molecule has 0 saturated carbocycles. The van der Waals surface area contributed by atoms with Gasteiger partial charge in [-0.2, -0.15) is 0 Å². The topological polar surface area (TPSA) is 69.7 Å². The number of fused-ring (bicyclic) bond motifs is 1. The summed E-state index contributed by atoms with van der Waals surface area (Å²) in [5, 5.41) is 3.09. The van der Waals surface area contributed by atoms with Crippen molar-refractivity contribution < 1.29 is 14.4 Å². The van der Waals surface area contributed by atoms with Gasteiger partial charge in [-0.1, -0.05) is 26.0 Å². The Labute approximate surface area is 151 Å². The molecule has 1 aromatic rings. The molecule has 1 aromatic carbocycles. The predicted molar refractivity (Wildman–Crippen MR) is 97.7 cm³/mol. The molecule has 25 heavy (non-hydrogen) atoms. The lowest BCUT2D eigenvalue weighted by Gasteiger charge is -2.25. The fourth-order valence-corrected chi connectivity index (χ4v) is 4.21. The Morgan fingerprint density at radius 3 is 2.76 bits per heavy atom. The van der Waals surface area contributed by atoms with E-state index in [0.717, 1.165) is 21.9 Å². The molecule has 2 atom stereocenters. The van der Waals surface area contributed by atoms with E-state index in [0.29, 0.717) is 18.2 Å². The number of nitrogens with one attached hydrogen (secondary N) is 1. The van der Waals surface area contributed by atoms with Crippen LogP contribution >= 0.6 is 11.8 Å². The van der Waals surface area contributed by atoms with Gasteiger partial charge >= 0.3 is 6.03 Å². The van der Waals surface area contributed by atoms with Crippen molar-refractivity contribution in [2.24, 2.45) is 0 Å². The van der Waals surface area contributed by atoms with Crippen molar-refractivity contribution in [1.82, 2.24) is 10.2 Å². The minimum Gasteiger partial charge on any atom is -0.323 e. The third-order valence-corrected chi connectivity index (χ3v) is 6.13. The van der Waals surface area contributed by atoms with E-state index < -0.39 is 11.6 Å². The van der Waals surface area contributed by atoms with Crippen molar-refractivity contribution >= 4 is 35.3 Å². The van der Waals surface area contributed by atoms with Crippen LogP contribution in [0.1, 0.15) is 33.6 Å². The number of hydrogen-bond donors (Lipinski definition) is 1. The number of benzene rings is 1. The van der Waals surface area contributed by atoms with Gasteiger partial charge in [0, 0.05) is 16.7 Å². The van der Waals surface area contributed by atoms with Gasteiger partial charge in [-0.25, -0.2) is 4.79 Å². The van der Waals surface area contributed by atoms with Crippen LogP contribution < -0.4 is 10.2 Å². The fourth-order valence-electron chi connectivity index (χ4n) is 3.10. The van der Waals surface area contributed by atoms with E-state index in [9.17, 15) is 14.4 Å². The number of thioether (sulfide) groups is 1. The van der Waals surface area contributed by atoms with Crippen LogP contribution in [0.2, 0.25) is 0 Å². The van der Waals surface area contributed by atoms with Crippen molar-refractivity contribution in [2.45, 2.75) is 49.3 Å². The van der Waals surface area contributed by atoms with E-state index in [2.05, 4.69) is 12.2 Å². The van der Waals surface area contributed by atoms with Gasteiger partial charge in [-0.3, -0.25) is 14.5 Å². The zero-order valence-electron chi connectivity index (χ0n) is 14.7. The third-order valence-electron chi connectivity index (χ3n) is 4.89. The number of urea groups is 1. The molecule has 134 valence electrons. The minimum atomic E-state index is -0.918. The fraction of sp³-hybridized carbons (Fsp3) is 0.500. The average molecular weight is 361 g/mol. The van der Waals surface area contributed by atoms with Crippen molar-refractivity contribution in [3.63, 3.8) is 0 Å². The highest BCUT2D eigenvalue weighted by molar-refractivity contribution is 8.00. The maximum atomic E-state index is 12.9. The molecule has 2 aliphatic rings. The SMILES string of the molecule is CCC1(C)NC(=O)N(CC(=O)N2CCC(C)Sc3ccccc32)C1=O. The van der Waals surface area contributed by atoms with Crippen LogP contribution in [0.4, 0.5) is 10.5 Å². The number of para-hydroxylation sites is 1. The van der Waals surface area contributed by atoms with Gasteiger partial charge in [-0.05, 0) is 31.9 Å². The molecule has 6 nitrogen and oxygen atoms in total. The first-order chi connectivity index (χ1) is 11.9. The van der Waals surface area contributed by atoms with E-state index in [4.69, 9.17) is 0 Å². The van der Waals surface area contributed by atoms with Gasteiger partial charge in [-0.15, -0.1) is 11.8 Å². The molecule has 1 saturated heterocycles. The summed E-state index contributed by atoms with van der Waals surface area (Å²) in [5.41, 5.74) is -0.0644. The highest BCUT2D eigenvalue weighted by atomic mass is 32.2. The Kier molecular flexibility index (Phi) is 4.77. The summed E-state index contributed by atoms with van der Waals surface area (Å²) in [6.45, 7) is 6.02. The van der Waals surface area contributed by atoms with Gasteiger partial charge in [0.05, 0.1) is 5.69 Å². The molecule has 0 spiro atoms. The maximum Gasteiger partial charge on any atom is 0.325 e. The number of carbonyl (C=O) groups excluding carboxylic acids is 3. The molecule has 0 aromatic heterocycles. The Morgan fingerprint density at radius 1 is 1.36 bits per heavy atom. The van der Waals surface area contributed by atoms with Crippen LogP contribution in [-0.4, -0.2) is 46.6 Å². The Hall–Kier alpha value is -2.02. The summed E-state index contributed by atoms with van der Waals surface area (Å²) < 4.78 is 0. The summed E-state index contributed by atoms with van der Waals surface area (Å²) in [6.07, 6.45) is 1.35. The van der Waals surface area contributed by atoms with Crippen LogP contribution in [0.3, 0.4) is 0 Å². The average Bonchev–Trinajstić information content (AvgIpc) is 2.73. The number of amides is 4. The zero-order chi connectivity index (χ0) is 18.2. The summed E-state index contributed by atoms with van der Waals surface area (Å²) in [6, 6.07) is 7.28. The summed E-state index contributed by atoms with van der Waals surface area (Å²) >= 11 is 1.75. The number of carbonyl (C=O) groups is 3. The standard InChI is InChI=1S/C18H23N3O3S/c1-4-18(3)16(23)21(17(24)19-18)11-15(22)20-10-9-12(2)25-14-8-6-5-7-13(14)20/h5-8,12H,4,9-11H2,1-3H3,(H,19,24). The van der Waals surface area contributed by atoms with Crippen molar-refractivity contribution in [2.75, 3.05) is 18.0 Å². The molecule has 7 heteroatoms. The Morgan fingerprint density at radius 2 is 2.08 bits per heavy atom. The van der Waals surface area contributed by atoms with Gasteiger partial charge in [0.1, 0.15) is 12.1 Å². The quantitative estimate of drug-likeness (QED) is 0.840. The molecule has 2 aliphatic heterocycles. The highest BCUT2D eigenvalue weighted by Gasteiger charge is 2.47. The lowest BCUT2D eigenvalue weighted by Crippen LogP contribution is -2.45. The summed E-state index contributed by atoms with van der Waals surface area (Å²) in [7, 11) is 0. The van der Waals surface area contributed by atoms with E-state index in [-0.39, 0.29) is 18.4 Å². The maximum absolute atomic E-state index is 12.9. The smallest absolute Gasteiger partial charge is 0.323 e. The van der Waals surface area contributed by atoms with E-state index >= 15 is 0 Å². The molecule has 2 unspecified atom stereocenters. The minimum absolute atomic E-state index is 0.229. The molecule has 0 radical (unpaired) electrons. The van der Waals surface area contributed by atoms with Gasteiger partial charge < -0.3 is 10.2 Å². The molecule has 2 heterocycles. The van der Waals surface area contributed by atoms with Crippen molar-refractivity contribution in [1.29, 1.82) is 0 Å². The molecule has 3 rings (SSSR count). The first-order valence-electron chi connectivity index (χ1n) is 8.56. The van der Waals surface area contributed by atoms with Gasteiger partial charge in [0.2, 0.25) is 5.91 Å². The zero-order valence-corrected chi connectivity index (χ0v) is 15.6. The van der Waals surface area contributed by atoms with Crippen LogP contribution in [0, 0.1) is 0 Å². The molecular formula is C18H23N3O3S. The number of imide groups is 1. The predicted octanol–water partition coefficient (Wildman–Crippen LogP) is 2.62. The van der Waals surface area contributed by atoms with Crippen LogP contribution in [0.25, 0.3) is 0 Å². The first kappa shape index (κ1) is 17.8. The van der Waals surface area contributed by atoms with Gasteiger partial charge in [0.25, 0.3) is 5.91 Å². The molecule has 0 bridgehead atoms. The van der Waals surface area contributed by atoms with Crippen molar-refractivity contribution in [3.8, 4) is 0 Å². The number of anilines is 1.